The van der Waals surface area contributed by atoms with Gasteiger partial charge >= 0.3 is 5.97 Å². The lowest BCUT2D eigenvalue weighted by molar-refractivity contribution is -0.908. The van der Waals surface area contributed by atoms with E-state index in [1.54, 1.807) is 4.90 Å². The molecule has 0 aromatic heterocycles. The molecule has 0 saturated carbocycles. The third-order valence-electron chi connectivity index (χ3n) is 6.58. The molecule has 2 aliphatic heterocycles. The Balaban J connectivity index is 0.000000427. The monoisotopic (exact) mass is 440 g/mol. The first-order chi connectivity index (χ1) is 15.5. The van der Waals surface area contributed by atoms with Gasteiger partial charge < -0.3 is 30.0 Å². The molecule has 2 unspecified atom stereocenters. The van der Waals surface area contributed by atoms with E-state index in [9.17, 15) is 0 Å². The second kappa shape index (κ2) is 11.1. The van der Waals surface area contributed by atoms with E-state index in [0.29, 0.717) is 6.04 Å². The molecule has 1 fully saturated rings. The van der Waals surface area contributed by atoms with E-state index in [1.807, 2.05) is 0 Å². The molecule has 2 heterocycles. The molecule has 0 radical (unpaired) electrons. The van der Waals surface area contributed by atoms with Crippen LogP contribution in [0.4, 0.5) is 5.69 Å². The number of nitrogens with one attached hydrogen (secondary N) is 2. The van der Waals surface area contributed by atoms with Gasteiger partial charge in [-0.15, -0.1) is 0 Å². The number of para-hydroxylation sites is 1. The zero-order valence-electron chi connectivity index (χ0n) is 18.5. The average Bonchev–Trinajstić information content (AvgIpc) is 3.15. The van der Waals surface area contributed by atoms with Crippen LogP contribution in [0.1, 0.15) is 37.3 Å². The zero-order valence-corrected chi connectivity index (χ0v) is 18.5. The number of rotatable bonds is 6. The third kappa shape index (κ3) is 5.29. The largest absolute Gasteiger partial charge is 0.539 e. The van der Waals surface area contributed by atoms with Crippen LogP contribution < -0.4 is 15.3 Å². The number of carboxylic acids is 2. The highest BCUT2D eigenvalue weighted by Gasteiger charge is 2.46. The van der Waals surface area contributed by atoms with Gasteiger partial charge in [0.2, 0.25) is 0 Å². The number of benzene rings is 2. The van der Waals surface area contributed by atoms with Crippen molar-refractivity contribution in [3.63, 3.8) is 0 Å². The van der Waals surface area contributed by atoms with Crippen LogP contribution in [-0.2, 0) is 19.7 Å². The first kappa shape index (κ1) is 23.8. The van der Waals surface area contributed by atoms with Gasteiger partial charge in [-0.05, 0) is 36.5 Å². The molecule has 0 bridgehead atoms. The van der Waals surface area contributed by atoms with Gasteiger partial charge in [-0.3, -0.25) is 0 Å². The fourth-order valence-corrected chi connectivity index (χ4v) is 5.01. The highest BCUT2D eigenvalue weighted by atomic mass is 16.5. The van der Waals surface area contributed by atoms with Crippen molar-refractivity contribution in [3.05, 3.63) is 65.7 Å². The Hall–Kier alpha value is -2.90. The zero-order chi connectivity index (χ0) is 23.0. The van der Waals surface area contributed by atoms with Crippen LogP contribution in [0.25, 0.3) is 0 Å². The number of hydrogen-bond donors (Lipinski definition) is 3. The summed E-state index contributed by atoms with van der Waals surface area (Å²) in [5.74, 6) is -4.01. The van der Waals surface area contributed by atoms with Crippen molar-refractivity contribution in [2.45, 2.75) is 37.6 Å². The molecule has 7 nitrogen and oxygen atoms in total. The maximum Gasteiger partial charge on any atom is 0.351 e. The van der Waals surface area contributed by atoms with Crippen LogP contribution in [0, 0.1) is 0 Å². The molecule has 172 valence electrons. The van der Waals surface area contributed by atoms with E-state index < -0.39 is 11.9 Å². The lowest BCUT2D eigenvalue weighted by Gasteiger charge is -2.36. The predicted octanol–water partition coefficient (Wildman–Crippen LogP) is 0.693. The van der Waals surface area contributed by atoms with E-state index in [1.165, 1.54) is 36.2 Å². The summed E-state index contributed by atoms with van der Waals surface area (Å²) in [6.45, 7) is 7.77. The molecule has 3 N–H and O–H groups in total. The number of carbonyl (C=O) groups excluding carboxylic acids is 1. The Bertz CT molecular complexity index is 886. The molecule has 0 spiro atoms. The highest BCUT2D eigenvalue weighted by Crippen LogP contribution is 2.49. The van der Waals surface area contributed by atoms with Crippen LogP contribution in [0.2, 0.25) is 0 Å². The molecule has 4 rings (SSSR count). The normalized spacial score (nSPS) is 22.2. The average molecular weight is 441 g/mol. The van der Waals surface area contributed by atoms with Gasteiger partial charge in [0.05, 0.1) is 19.8 Å². The number of anilines is 1. The minimum Gasteiger partial charge on any atom is -0.539 e. The molecule has 2 aliphatic rings. The fraction of sp³-hybridized carbons (Fsp3) is 0.440. The van der Waals surface area contributed by atoms with Gasteiger partial charge in [0.15, 0.2) is 5.97 Å². The van der Waals surface area contributed by atoms with Crippen LogP contribution in [0.15, 0.2) is 54.6 Å². The molecule has 0 amide bonds. The lowest BCUT2D eigenvalue weighted by atomic mass is 9.68. The van der Waals surface area contributed by atoms with Crippen molar-refractivity contribution in [2.24, 2.45) is 0 Å². The summed E-state index contributed by atoms with van der Waals surface area (Å²) in [7, 11) is 0. The predicted molar refractivity (Wildman–Crippen MR) is 120 cm³/mol. The van der Waals surface area contributed by atoms with Gasteiger partial charge in [0.1, 0.15) is 13.1 Å². The van der Waals surface area contributed by atoms with E-state index in [0.717, 1.165) is 32.7 Å². The number of ether oxygens (including phenoxy) is 1. The number of carboxylic acid groups (broad SMARTS) is 2. The summed E-state index contributed by atoms with van der Waals surface area (Å²) in [6.07, 6.45) is 3.59. The first-order valence-corrected chi connectivity index (χ1v) is 11.3. The van der Waals surface area contributed by atoms with Crippen LogP contribution >= 0.6 is 0 Å². The molecule has 2 aromatic carbocycles. The minimum atomic E-state index is -2.07. The number of morpholine rings is 1. The van der Waals surface area contributed by atoms with Crippen molar-refractivity contribution in [3.8, 4) is 0 Å². The summed E-state index contributed by atoms with van der Waals surface area (Å²) >= 11 is 0. The quantitative estimate of drug-likeness (QED) is 0.572. The fourth-order valence-electron chi connectivity index (χ4n) is 5.01. The molecule has 32 heavy (non-hydrogen) atoms. The summed E-state index contributed by atoms with van der Waals surface area (Å²) in [4.78, 5) is 19.7. The van der Waals surface area contributed by atoms with Crippen molar-refractivity contribution < 1.29 is 29.4 Å². The van der Waals surface area contributed by atoms with Gasteiger partial charge in [0, 0.05) is 17.1 Å². The van der Waals surface area contributed by atoms with E-state index in [2.05, 4.69) is 66.8 Å². The Morgan fingerprint density at radius 3 is 2.38 bits per heavy atom. The maximum absolute atomic E-state index is 9.04. The van der Waals surface area contributed by atoms with Crippen molar-refractivity contribution >= 4 is 17.6 Å². The first-order valence-electron chi connectivity index (χ1n) is 11.3. The second-order valence-corrected chi connectivity index (χ2v) is 8.28. The van der Waals surface area contributed by atoms with Crippen LogP contribution in [0.5, 0.6) is 0 Å². The Morgan fingerprint density at radius 2 is 1.75 bits per heavy atom. The van der Waals surface area contributed by atoms with E-state index in [-0.39, 0.29) is 5.41 Å². The Morgan fingerprint density at radius 1 is 1.12 bits per heavy atom. The molecule has 1 saturated heterocycles. The number of hydrogen-bond acceptors (Lipinski definition) is 5. The van der Waals surface area contributed by atoms with E-state index in [4.69, 9.17) is 24.5 Å². The second-order valence-electron chi connectivity index (χ2n) is 8.28. The van der Waals surface area contributed by atoms with Crippen molar-refractivity contribution in [2.75, 3.05) is 38.2 Å². The number of quaternary nitrogens is 1. The van der Waals surface area contributed by atoms with Gasteiger partial charge in [-0.25, -0.2) is 4.79 Å². The third-order valence-corrected chi connectivity index (χ3v) is 6.58. The molecule has 0 aliphatic carbocycles. The molecule has 2 atom stereocenters. The van der Waals surface area contributed by atoms with Gasteiger partial charge in [-0.2, -0.15) is 0 Å². The molecule has 7 heteroatoms. The summed E-state index contributed by atoms with van der Waals surface area (Å²) in [6, 6.07) is 20.5. The molecular weight excluding hydrogens is 408 g/mol. The smallest absolute Gasteiger partial charge is 0.351 e. The summed E-state index contributed by atoms with van der Waals surface area (Å²) < 4.78 is 5.50. The number of aliphatic carboxylic acids is 2. The highest BCUT2D eigenvalue weighted by molar-refractivity contribution is 6.26. The molecular formula is C25H32N2O5. The van der Waals surface area contributed by atoms with Crippen LogP contribution in [-0.4, -0.2) is 55.9 Å². The Labute approximate surface area is 189 Å². The van der Waals surface area contributed by atoms with Crippen molar-refractivity contribution in [1.82, 2.24) is 0 Å². The maximum atomic E-state index is 9.04. The van der Waals surface area contributed by atoms with Gasteiger partial charge in [-0.1, -0.05) is 55.5 Å². The summed E-state index contributed by atoms with van der Waals surface area (Å²) in [5.41, 5.74) is 4.32. The van der Waals surface area contributed by atoms with E-state index >= 15 is 0 Å². The molecule has 2 aromatic rings. The number of carbonyl (C=O) groups is 2. The summed E-state index contributed by atoms with van der Waals surface area (Å²) in [5, 5.41) is 20.2. The SMILES string of the molecule is CCC1(c2ccccc2)c2ccccc2NC1CCC[NH+]1CCOCC1.O=C([O-])C(=O)O. The minimum absolute atomic E-state index is 0.0815. The standard InChI is InChI=1S/C23H30N2O.C2H2O4/c1-2-23(19-9-4-3-5-10-19)20-11-6-7-12-21(20)24-22(23)13-8-14-25-15-17-26-18-16-25;3-1(4)2(5)6/h3-7,9-12,22,24H,2,8,13-18H2,1H3;(H,3,4)(H,5,6). The van der Waals surface area contributed by atoms with Gasteiger partial charge in [0.25, 0.3) is 0 Å². The topological polar surface area (TPSA) is 103 Å². The van der Waals surface area contributed by atoms with Crippen LogP contribution in [0.3, 0.4) is 0 Å². The number of fused-ring (bicyclic) bond motifs is 1. The van der Waals surface area contributed by atoms with Crippen molar-refractivity contribution in [1.29, 1.82) is 0 Å². The lowest BCUT2D eigenvalue weighted by Crippen LogP contribution is -3.14. The Kier molecular flexibility index (Phi) is 8.25.